The number of ether oxygens (including phenoxy) is 2. The van der Waals surface area contributed by atoms with E-state index >= 15 is 0 Å². The summed E-state index contributed by atoms with van der Waals surface area (Å²) in [6, 6.07) is 12.1. The molecule has 160 valence electrons. The van der Waals surface area contributed by atoms with E-state index in [9.17, 15) is 18.4 Å². The average Bonchev–Trinajstić information content (AvgIpc) is 2.75. The summed E-state index contributed by atoms with van der Waals surface area (Å²) >= 11 is 0. The van der Waals surface area contributed by atoms with Gasteiger partial charge in [0.05, 0.1) is 0 Å². The minimum atomic E-state index is -1.17. The molecule has 3 aromatic rings. The van der Waals surface area contributed by atoms with Crippen LogP contribution in [-0.2, 0) is 11.3 Å². The Kier molecular flexibility index (Phi) is 6.76. The Morgan fingerprint density at radius 1 is 1.10 bits per heavy atom. The number of carbonyl (C=O) groups excluding carboxylic acids is 1. The second-order valence-corrected chi connectivity index (χ2v) is 6.45. The molecule has 2 N–H and O–H groups in total. The summed E-state index contributed by atoms with van der Waals surface area (Å²) in [6.07, 6.45) is 0.307. The highest BCUT2D eigenvalue weighted by Gasteiger charge is 2.16. The molecule has 0 radical (unpaired) electrons. The summed E-state index contributed by atoms with van der Waals surface area (Å²) in [7, 11) is 0. The van der Waals surface area contributed by atoms with Gasteiger partial charge in [-0.15, -0.1) is 0 Å². The lowest BCUT2D eigenvalue weighted by molar-refractivity contribution is -0.144. The lowest BCUT2D eigenvalue weighted by Crippen LogP contribution is -2.24. The number of nitrogens with one attached hydrogen (secondary N) is 1. The summed E-state index contributed by atoms with van der Waals surface area (Å²) in [4.78, 5) is 27.4. The van der Waals surface area contributed by atoms with Crippen LogP contribution in [0.3, 0.4) is 0 Å². The largest absolute Gasteiger partial charge is 0.479 e. The Morgan fingerprint density at radius 2 is 1.81 bits per heavy atom. The van der Waals surface area contributed by atoms with E-state index in [2.05, 4.69) is 10.3 Å². The minimum absolute atomic E-state index is 0.0125. The second-order valence-electron chi connectivity index (χ2n) is 6.45. The maximum Gasteiger partial charge on any atom is 0.344 e. The molecule has 1 heterocycles. The number of hydrogen-bond acceptors (Lipinski definition) is 5. The van der Waals surface area contributed by atoms with Crippen LogP contribution in [0.5, 0.6) is 17.4 Å². The Balaban J connectivity index is 1.67. The van der Waals surface area contributed by atoms with Crippen molar-refractivity contribution in [1.82, 2.24) is 10.3 Å². The number of aliphatic carboxylic acids is 1. The lowest BCUT2D eigenvalue weighted by Gasteiger charge is -2.13. The highest BCUT2D eigenvalue weighted by Crippen LogP contribution is 2.23. The quantitative estimate of drug-likeness (QED) is 0.564. The van der Waals surface area contributed by atoms with Crippen molar-refractivity contribution in [2.75, 3.05) is 0 Å². The van der Waals surface area contributed by atoms with Gasteiger partial charge in [-0.1, -0.05) is 6.07 Å². The molecule has 0 aliphatic carbocycles. The molecule has 0 spiro atoms. The van der Waals surface area contributed by atoms with E-state index in [0.29, 0.717) is 5.75 Å². The van der Waals surface area contributed by atoms with Gasteiger partial charge < -0.3 is 19.9 Å². The molecule has 2 aromatic carbocycles. The summed E-state index contributed by atoms with van der Waals surface area (Å²) < 4.78 is 38.0. The highest BCUT2D eigenvalue weighted by molar-refractivity contribution is 5.96. The number of carboxylic acids is 1. The molecule has 0 aliphatic rings. The van der Waals surface area contributed by atoms with Crippen molar-refractivity contribution in [3.8, 4) is 17.4 Å². The van der Waals surface area contributed by atoms with E-state index in [1.165, 1.54) is 55.6 Å². The molecule has 0 bridgehead atoms. The summed E-state index contributed by atoms with van der Waals surface area (Å²) in [5.41, 5.74) is 0.288. The maximum atomic E-state index is 14.3. The first kappa shape index (κ1) is 21.7. The van der Waals surface area contributed by atoms with Crippen LogP contribution in [-0.4, -0.2) is 28.1 Å². The van der Waals surface area contributed by atoms with Crippen LogP contribution in [0.4, 0.5) is 8.78 Å². The molecule has 31 heavy (non-hydrogen) atoms. The maximum absolute atomic E-state index is 14.3. The molecule has 3 rings (SSSR count). The molecule has 0 saturated carbocycles. The normalized spacial score (nSPS) is 11.5. The van der Waals surface area contributed by atoms with Gasteiger partial charge >= 0.3 is 5.97 Å². The molecule has 1 aromatic heterocycles. The second kappa shape index (κ2) is 9.66. The fourth-order valence-electron chi connectivity index (χ4n) is 2.53. The highest BCUT2D eigenvalue weighted by atomic mass is 19.1. The first-order valence-corrected chi connectivity index (χ1v) is 9.18. The number of carboxylic acid groups (broad SMARTS) is 1. The van der Waals surface area contributed by atoms with Crippen molar-refractivity contribution in [3.63, 3.8) is 0 Å². The lowest BCUT2D eigenvalue weighted by atomic mass is 10.2. The first-order valence-electron chi connectivity index (χ1n) is 9.18. The number of nitrogens with zero attached hydrogens (tertiary/aromatic N) is 1. The molecule has 1 atom stereocenters. The van der Waals surface area contributed by atoms with Crippen LogP contribution >= 0.6 is 0 Å². The van der Waals surface area contributed by atoms with Crippen molar-refractivity contribution in [2.45, 2.75) is 19.6 Å². The topological polar surface area (TPSA) is 97.8 Å². The SMILES string of the molecule is CC(Oc1ccc(CNC(=O)c2cccnc2Oc2ccc(F)cc2)c(F)c1)C(=O)O. The smallest absolute Gasteiger partial charge is 0.344 e. The summed E-state index contributed by atoms with van der Waals surface area (Å²) in [5.74, 6) is -2.45. The van der Waals surface area contributed by atoms with Crippen LogP contribution < -0.4 is 14.8 Å². The van der Waals surface area contributed by atoms with E-state index in [1.54, 1.807) is 6.07 Å². The fourth-order valence-corrected chi connectivity index (χ4v) is 2.53. The minimum Gasteiger partial charge on any atom is -0.479 e. The predicted octanol–water partition coefficient (Wildman–Crippen LogP) is 3.93. The molecule has 1 unspecified atom stereocenters. The summed E-state index contributed by atoms with van der Waals surface area (Å²) in [6.45, 7) is 1.19. The molecule has 0 fully saturated rings. The van der Waals surface area contributed by atoms with Crippen molar-refractivity contribution >= 4 is 11.9 Å². The Morgan fingerprint density at radius 3 is 2.48 bits per heavy atom. The zero-order valence-corrected chi connectivity index (χ0v) is 16.3. The first-order chi connectivity index (χ1) is 14.8. The van der Waals surface area contributed by atoms with Gasteiger partial charge in [-0.2, -0.15) is 0 Å². The zero-order valence-electron chi connectivity index (χ0n) is 16.3. The molecule has 0 saturated heterocycles. The van der Waals surface area contributed by atoms with Gasteiger partial charge in [-0.05, 0) is 49.4 Å². The van der Waals surface area contributed by atoms with Crippen molar-refractivity contribution < 1.29 is 33.0 Å². The van der Waals surface area contributed by atoms with Gasteiger partial charge in [0, 0.05) is 24.4 Å². The third-order valence-electron chi connectivity index (χ3n) is 4.17. The Hall–Kier alpha value is -4.01. The number of aromatic nitrogens is 1. The average molecular weight is 428 g/mol. The third kappa shape index (κ3) is 5.75. The van der Waals surface area contributed by atoms with E-state index in [0.717, 1.165) is 6.07 Å². The number of carbonyl (C=O) groups is 2. The Labute approximate surface area is 176 Å². The number of benzene rings is 2. The molecule has 0 aliphatic heterocycles. The molecule has 1 amide bonds. The number of rotatable bonds is 8. The van der Waals surface area contributed by atoms with Gasteiger partial charge in [0.25, 0.3) is 5.91 Å². The van der Waals surface area contributed by atoms with Gasteiger partial charge in [-0.3, -0.25) is 4.79 Å². The van der Waals surface area contributed by atoms with Crippen molar-refractivity contribution in [2.24, 2.45) is 0 Å². The van der Waals surface area contributed by atoms with Gasteiger partial charge in [0.1, 0.15) is 28.7 Å². The van der Waals surface area contributed by atoms with E-state index in [4.69, 9.17) is 14.6 Å². The standard InChI is InChI=1S/C22H18F2N2O5/c1-13(22(28)29)30-17-7-4-14(19(24)11-17)12-26-20(27)18-3-2-10-25-21(18)31-16-8-5-15(23)6-9-16/h2-11,13H,12H2,1H3,(H,26,27)(H,28,29). The molecular weight excluding hydrogens is 410 g/mol. The van der Waals surface area contributed by atoms with Crippen molar-refractivity contribution in [3.05, 3.63) is 83.6 Å². The van der Waals surface area contributed by atoms with Crippen LogP contribution in [0, 0.1) is 11.6 Å². The number of amides is 1. The fraction of sp³-hybridized carbons (Fsp3) is 0.136. The number of pyridine rings is 1. The number of halogens is 2. The van der Waals surface area contributed by atoms with Crippen LogP contribution in [0.15, 0.2) is 60.8 Å². The molecule has 9 heteroatoms. The zero-order chi connectivity index (χ0) is 22.4. The number of hydrogen-bond donors (Lipinski definition) is 2. The Bertz CT molecular complexity index is 1090. The summed E-state index contributed by atoms with van der Waals surface area (Å²) in [5, 5.41) is 11.4. The van der Waals surface area contributed by atoms with E-state index in [-0.39, 0.29) is 29.3 Å². The van der Waals surface area contributed by atoms with Crippen molar-refractivity contribution in [1.29, 1.82) is 0 Å². The van der Waals surface area contributed by atoms with E-state index in [1.807, 2.05) is 0 Å². The van der Waals surface area contributed by atoms with Gasteiger partial charge in [-0.25, -0.2) is 18.6 Å². The monoisotopic (exact) mass is 428 g/mol. The van der Waals surface area contributed by atoms with Gasteiger partial charge in [0.2, 0.25) is 5.88 Å². The van der Waals surface area contributed by atoms with Crippen LogP contribution in [0.1, 0.15) is 22.8 Å². The molecular formula is C22H18F2N2O5. The van der Waals surface area contributed by atoms with Gasteiger partial charge in [0.15, 0.2) is 6.10 Å². The van der Waals surface area contributed by atoms with Crippen LogP contribution in [0.2, 0.25) is 0 Å². The van der Waals surface area contributed by atoms with E-state index < -0.39 is 29.6 Å². The predicted molar refractivity (Wildman–Crippen MR) is 106 cm³/mol. The third-order valence-corrected chi connectivity index (χ3v) is 4.17. The van der Waals surface area contributed by atoms with Crippen LogP contribution in [0.25, 0.3) is 0 Å². The molecule has 7 nitrogen and oxygen atoms in total.